The summed E-state index contributed by atoms with van der Waals surface area (Å²) in [7, 11) is 0. The van der Waals surface area contributed by atoms with E-state index in [1.807, 2.05) is 19.2 Å². The lowest BCUT2D eigenvalue weighted by Crippen LogP contribution is -2.47. The molecule has 0 N–H and O–H groups in total. The Kier molecular flexibility index (Phi) is 3.22. The van der Waals surface area contributed by atoms with E-state index < -0.39 is 0 Å². The van der Waals surface area contributed by atoms with E-state index in [0.29, 0.717) is 0 Å². The van der Waals surface area contributed by atoms with Crippen molar-refractivity contribution in [1.29, 1.82) is 0 Å². The van der Waals surface area contributed by atoms with Gasteiger partial charge in [-0.15, -0.1) is 0 Å². The maximum Gasteiger partial charge on any atom is 0.147 e. The molecule has 0 aliphatic carbocycles. The van der Waals surface area contributed by atoms with Gasteiger partial charge in [-0.3, -0.25) is 4.98 Å². The molecule has 1 aliphatic rings. The Hall–Kier alpha value is -2.24. The largest absolute Gasteiger partial charge is 0.353 e. The van der Waals surface area contributed by atoms with E-state index in [4.69, 9.17) is 0 Å². The summed E-state index contributed by atoms with van der Waals surface area (Å²) in [6, 6.07) is 1.95. The van der Waals surface area contributed by atoms with Crippen LogP contribution in [0.3, 0.4) is 0 Å². The number of aromatic nitrogens is 4. The Morgan fingerprint density at radius 1 is 0.947 bits per heavy atom. The fraction of sp³-hybridized carbons (Fsp3) is 0.385. The summed E-state index contributed by atoms with van der Waals surface area (Å²) in [6.07, 6.45) is 6.97. The third-order valence-electron chi connectivity index (χ3n) is 3.24. The van der Waals surface area contributed by atoms with Crippen molar-refractivity contribution in [1.82, 2.24) is 19.9 Å². The van der Waals surface area contributed by atoms with E-state index in [1.54, 1.807) is 18.7 Å². The van der Waals surface area contributed by atoms with Crippen LogP contribution in [0.4, 0.5) is 11.6 Å². The van der Waals surface area contributed by atoms with Crippen molar-refractivity contribution in [2.75, 3.05) is 36.0 Å². The van der Waals surface area contributed by atoms with Crippen LogP contribution in [0.15, 0.2) is 31.0 Å². The van der Waals surface area contributed by atoms with Gasteiger partial charge in [0.15, 0.2) is 0 Å². The molecule has 0 amide bonds. The fourth-order valence-corrected chi connectivity index (χ4v) is 2.24. The molecular weight excluding hydrogens is 240 g/mol. The zero-order valence-electron chi connectivity index (χ0n) is 10.9. The normalized spacial score (nSPS) is 15.6. The van der Waals surface area contributed by atoms with Crippen molar-refractivity contribution in [2.24, 2.45) is 0 Å². The van der Waals surface area contributed by atoms with Crippen molar-refractivity contribution in [3.8, 4) is 0 Å². The van der Waals surface area contributed by atoms with Crippen molar-refractivity contribution < 1.29 is 0 Å². The average molecular weight is 256 g/mol. The zero-order chi connectivity index (χ0) is 13.1. The quantitative estimate of drug-likeness (QED) is 0.795. The fourth-order valence-electron chi connectivity index (χ4n) is 2.24. The maximum atomic E-state index is 4.51. The molecule has 3 rings (SSSR count). The first-order valence-corrected chi connectivity index (χ1v) is 6.37. The van der Waals surface area contributed by atoms with Gasteiger partial charge in [0.2, 0.25) is 0 Å². The molecule has 6 heteroatoms. The lowest BCUT2D eigenvalue weighted by atomic mass is 10.3. The first-order valence-electron chi connectivity index (χ1n) is 6.37. The molecule has 1 saturated heterocycles. The van der Waals surface area contributed by atoms with Crippen LogP contribution in [0.1, 0.15) is 5.69 Å². The molecule has 0 aromatic carbocycles. The average Bonchev–Trinajstić information content (AvgIpc) is 2.48. The van der Waals surface area contributed by atoms with Crippen molar-refractivity contribution in [3.05, 3.63) is 36.7 Å². The molecule has 1 fully saturated rings. The highest BCUT2D eigenvalue weighted by molar-refractivity contribution is 5.43. The van der Waals surface area contributed by atoms with E-state index in [0.717, 1.165) is 43.5 Å². The van der Waals surface area contributed by atoms with Crippen LogP contribution < -0.4 is 9.80 Å². The van der Waals surface area contributed by atoms with E-state index in [2.05, 4.69) is 29.7 Å². The van der Waals surface area contributed by atoms with Crippen molar-refractivity contribution >= 4 is 11.6 Å². The predicted molar refractivity (Wildman–Crippen MR) is 73.2 cm³/mol. The van der Waals surface area contributed by atoms with Gasteiger partial charge >= 0.3 is 0 Å². The molecule has 0 unspecified atom stereocenters. The third-order valence-corrected chi connectivity index (χ3v) is 3.24. The number of rotatable bonds is 2. The predicted octanol–water partition coefficient (Wildman–Crippen LogP) is 0.902. The van der Waals surface area contributed by atoms with Crippen molar-refractivity contribution in [3.63, 3.8) is 0 Å². The number of aryl methyl sites for hydroxylation is 1. The first kappa shape index (κ1) is 11.8. The minimum atomic E-state index is 0.933. The van der Waals surface area contributed by atoms with Crippen molar-refractivity contribution in [2.45, 2.75) is 6.92 Å². The highest BCUT2D eigenvalue weighted by Gasteiger charge is 2.19. The lowest BCUT2D eigenvalue weighted by molar-refractivity contribution is 0.639. The Labute approximate surface area is 112 Å². The van der Waals surface area contributed by atoms with Gasteiger partial charge < -0.3 is 9.80 Å². The minimum Gasteiger partial charge on any atom is -0.353 e. The molecule has 0 atom stereocenters. The number of hydrogen-bond acceptors (Lipinski definition) is 6. The Bertz CT molecular complexity index is 536. The van der Waals surface area contributed by atoms with Gasteiger partial charge in [0, 0.05) is 38.6 Å². The van der Waals surface area contributed by atoms with Crippen LogP contribution in [-0.4, -0.2) is 46.1 Å². The molecule has 19 heavy (non-hydrogen) atoms. The standard InChI is InChI=1S/C13H16N6/c1-11-8-15-9-13(17-11)19-6-4-18(5-7-19)12-2-3-14-10-16-12/h2-3,8-10H,4-7H2,1H3. The summed E-state index contributed by atoms with van der Waals surface area (Å²) in [4.78, 5) is 21.5. The van der Waals surface area contributed by atoms with Gasteiger partial charge in [-0.05, 0) is 13.0 Å². The Morgan fingerprint density at radius 3 is 2.32 bits per heavy atom. The summed E-state index contributed by atoms with van der Waals surface area (Å²) in [5.41, 5.74) is 0.954. The molecule has 6 nitrogen and oxygen atoms in total. The summed E-state index contributed by atoms with van der Waals surface area (Å²) < 4.78 is 0. The summed E-state index contributed by atoms with van der Waals surface area (Å²) in [6.45, 7) is 5.71. The number of anilines is 2. The second kappa shape index (κ2) is 5.17. The smallest absolute Gasteiger partial charge is 0.147 e. The number of hydrogen-bond donors (Lipinski definition) is 0. The van der Waals surface area contributed by atoms with Crippen LogP contribution >= 0.6 is 0 Å². The van der Waals surface area contributed by atoms with Crippen LogP contribution in [0.25, 0.3) is 0 Å². The lowest BCUT2D eigenvalue weighted by Gasteiger charge is -2.35. The first-order chi connectivity index (χ1) is 9.33. The van der Waals surface area contributed by atoms with Crippen LogP contribution in [0.5, 0.6) is 0 Å². The van der Waals surface area contributed by atoms with E-state index in [9.17, 15) is 0 Å². The highest BCUT2D eigenvalue weighted by Crippen LogP contribution is 2.16. The molecule has 0 radical (unpaired) electrons. The minimum absolute atomic E-state index is 0.933. The van der Waals surface area contributed by atoms with E-state index >= 15 is 0 Å². The Balaban J connectivity index is 1.67. The molecule has 98 valence electrons. The zero-order valence-corrected chi connectivity index (χ0v) is 10.9. The summed E-state index contributed by atoms with van der Waals surface area (Å²) >= 11 is 0. The molecule has 0 saturated carbocycles. The third kappa shape index (κ3) is 2.62. The monoisotopic (exact) mass is 256 g/mol. The molecule has 0 bridgehead atoms. The second-order valence-corrected chi connectivity index (χ2v) is 4.56. The van der Waals surface area contributed by atoms with E-state index in [1.165, 1.54) is 0 Å². The highest BCUT2D eigenvalue weighted by atomic mass is 15.3. The number of nitrogens with zero attached hydrogens (tertiary/aromatic N) is 6. The molecule has 1 aliphatic heterocycles. The van der Waals surface area contributed by atoms with Crippen LogP contribution in [-0.2, 0) is 0 Å². The van der Waals surface area contributed by atoms with Crippen LogP contribution in [0.2, 0.25) is 0 Å². The number of piperazine rings is 1. The topological polar surface area (TPSA) is 58.0 Å². The summed E-state index contributed by atoms with van der Waals surface area (Å²) in [5, 5.41) is 0. The molecule has 2 aromatic heterocycles. The molecule has 2 aromatic rings. The SMILES string of the molecule is Cc1cncc(N2CCN(c3ccncn3)CC2)n1. The van der Waals surface area contributed by atoms with Gasteiger partial charge in [0.1, 0.15) is 18.0 Å². The van der Waals surface area contributed by atoms with E-state index in [-0.39, 0.29) is 0 Å². The molecule has 0 spiro atoms. The van der Waals surface area contributed by atoms with Gasteiger partial charge in [-0.1, -0.05) is 0 Å². The van der Waals surface area contributed by atoms with Gasteiger partial charge in [0.05, 0.1) is 11.9 Å². The summed E-state index contributed by atoms with van der Waals surface area (Å²) in [5.74, 6) is 1.95. The van der Waals surface area contributed by atoms with Gasteiger partial charge in [-0.2, -0.15) is 0 Å². The van der Waals surface area contributed by atoms with Gasteiger partial charge in [-0.25, -0.2) is 15.0 Å². The Morgan fingerprint density at radius 2 is 1.68 bits per heavy atom. The molecule has 3 heterocycles. The molecular formula is C13H16N6. The van der Waals surface area contributed by atoms with Gasteiger partial charge in [0.25, 0.3) is 0 Å². The van der Waals surface area contributed by atoms with Crippen LogP contribution in [0, 0.1) is 6.92 Å². The second-order valence-electron chi connectivity index (χ2n) is 4.56. The maximum absolute atomic E-state index is 4.51.